The van der Waals surface area contributed by atoms with Gasteiger partial charge in [-0.25, -0.2) is 8.78 Å². The number of hydrogen-bond acceptors (Lipinski definition) is 2. The van der Waals surface area contributed by atoms with Gasteiger partial charge in [-0.05, 0) is 18.1 Å². The fourth-order valence-corrected chi connectivity index (χ4v) is 2.00. The van der Waals surface area contributed by atoms with Crippen LogP contribution in [0.1, 0.15) is 12.0 Å². The molecule has 0 aromatic heterocycles. The van der Waals surface area contributed by atoms with Crippen LogP contribution in [0.25, 0.3) is 0 Å². The van der Waals surface area contributed by atoms with Crippen LogP contribution < -0.4 is 0 Å². The Morgan fingerprint density at radius 3 is 2.69 bits per heavy atom. The van der Waals surface area contributed by atoms with Crippen molar-refractivity contribution in [2.45, 2.75) is 18.8 Å². The number of likely N-dealkylation sites (tertiary alicyclic amines) is 1. The van der Waals surface area contributed by atoms with E-state index in [2.05, 4.69) is 0 Å². The maximum absolute atomic E-state index is 12.9. The molecule has 0 amide bonds. The molecule has 0 spiro atoms. The third-order valence-electron chi connectivity index (χ3n) is 2.94. The third kappa shape index (κ3) is 2.70. The second-order valence-electron chi connectivity index (χ2n) is 4.26. The molecule has 1 N–H and O–H groups in total. The van der Waals surface area contributed by atoms with Gasteiger partial charge in [0.1, 0.15) is 5.75 Å². The molecule has 4 heteroatoms. The molecule has 16 heavy (non-hydrogen) atoms. The van der Waals surface area contributed by atoms with Crippen LogP contribution in [-0.4, -0.2) is 35.6 Å². The van der Waals surface area contributed by atoms with E-state index in [1.165, 1.54) is 0 Å². The topological polar surface area (TPSA) is 23.5 Å². The molecule has 0 aliphatic carbocycles. The lowest BCUT2D eigenvalue weighted by atomic mass is 10.1. The Kier molecular flexibility index (Phi) is 3.10. The van der Waals surface area contributed by atoms with E-state index >= 15 is 0 Å². The van der Waals surface area contributed by atoms with Crippen LogP contribution in [0.5, 0.6) is 5.75 Å². The molecule has 1 heterocycles. The van der Waals surface area contributed by atoms with Crippen molar-refractivity contribution in [3.63, 3.8) is 0 Å². The SMILES string of the molecule is Oc1ccccc1CCN1CCC(F)(F)C1. The summed E-state index contributed by atoms with van der Waals surface area (Å²) in [7, 11) is 0. The Balaban J connectivity index is 1.87. The highest BCUT2D eigenvalue weighted by atomic mass is 19.3. The number of aromatic hydroxyl groups is 1. The summed E-state index contributed by atoms with van der Waals surface area (Å²) in [6.07, 6.45) is 0.566. The van der Waals surface area contributed by atoms with E-state index in [1.807, 2.05) is 12.1 Å². The number of nitrogens with zero attached hydrogens (tertiary/aromatic N) is 1. The lowest BCUT2D eigenvalue weighted by Gasteiger charge is -2.15. The van der Waals surface area contributed by atoms with Gasteiger partial charge in [0.15, 0.2) is 0 Å². The Bertz CT molecular complexity index is 368. The fourth-order valence-electron chi connectivity index (χ4n) is 2.00. The number of hydrogen-bond donors (Lipinski definition) is 1. The second kappa shape index (κ2) is 4.37. The number of rotatable bonds is 3. The molecule has 1 fully saturated rings. The molecule has 1 aromatic carbocycles. The summed E-state index contributed by atoms with van der Waals surface area (Å²) >= 11 is 0. The zero-order chi connectivity index (χ0) is 11.6. The van der Waals surface area contributed by atoms with E-state index in [0.717, 1.165) is 5.56 Å². The van der Waals surface area contributed by atoms with Crippen molar-refractivity contribution in [1.82, 2.24) is 4.90 Å². The molecule has 1 aliphatic heterocycles. The average Bonchev–Trinajstić information content (AvgIpc) is 2.57. The maximum atomic E-state index is 12.9. The summed E-state index contributed by atoms with van der Waals surface area (Å²) in [5.41, 5.74) is 0.817. The molecular formula is C12H15F2NO. The minimum absolute atomic E-state index is 0.0478. The first-order valence-corrected chi connectivity index (χ1v) is 5.44. The van der Waals surface area contributed by atoms with Gasteiger partial charge in [0, 0.05) is 19.5 Å². The molecule has 0 saturated carbocycles. The fraction of sp³-hybridized carbons (Fsp3) is 0.500. The van der Waals surface area contributed by atoms with E-state index < -0.39 is 5.92 Å². The summed E-state index contributed by atoms with van der Waals surface area (Å²) < 4.78 is 25.8. The Hall–Kier alpha value is -1.16. The van der Waals surface area contributed by atoms with E-state index in [1.54, 1.807) is 17.0 Å². The second-order valence-corrected chi connectivity index (χ2v) is 4.26. The highest BCUT2D eigenvalue weighted by molar-refractivity contribution is 5.31. The Labute approximate surface area is 93.5 Å². The van der Waals surface area contributed by atoms with Gasteiger partial charge >= 0.3 is 0 Å². The van der Waals surface area contributed by atoms with Crippen molar-refractivity contribution in [2.75, 3.05) is 19.6 Å². The average molecular weight is 227 g/mol. The first-order valence-electron chi connectivity index (χ1n) is 5.44. The van der Waals surface area contributed by atoms with Gasteiger partial charge in [-0.15, -0.1) is 0 Å². The van der Waals surface area contributed by atoms with Crippen LogP contribution >= 0.6 is 0 Å². The molecule has 1 saturated heterocycles. The van der Waals surface area contributed by atoms with E-state index in [-0.39, 0.29) is 18.7 Å². The van der Waals surface area contributed by atoms with Crippen molar-refractivity contribution < 1.29 is 13.9 Å². The molecule has 0 bridgehead atoms. The highest BCUT2D eigenvalue weighted by Gasteiger charge is 2.37. The standard InChI is InChI=1S/C12H15F2NO/c13-12(14)6-8-15(9-12)7-5-10-3-1-2-4-11(10)16/h1-4,16H,5-9H2. The Morgan fingerprint density at radius 2 is 2.06 bits per heavy atom. The van der Waals surface area contributed by atoms with Crippen molar-refractivity contribution in [3.05, 3.63) is 29.8 Å². The molecule has 0 atom stereocenters. The number of alkyl halides is 2. The number of phenols is 1. The molecule has 0 radical (unpaired) electrons. The quantitative estimate of drug-likeness (QED) is 0.856. The lowest BCUT2D eigenvalue weighted by molar-refractivity contribution is 0.0123. The van der Waals surface area contributed by atoms with Crippen LogP contribution in [0, 0.1) is 0 Å². The first-order chi connectivity index (χ1) is 7.57. The largest absolute Gasteiger partial charge is 0.508 e. The smallest absolute Gasteiger partial charge is 0.261 e. The molecule has 88 valence electrons. The molecule has 1 aromatic rings. The number of benzene rings is 1. The van der Waals surface area contributed by atoms with Gasteiger partial charge < -0.3 is 5.11 Å². The van der Waals surface area contributed by atoms with Gasteiger partial charge in [0.25, 0.3) is 5.92 Å². The van der Waals surface area contributed by atoms with Gasteiger partial charge in [-0.3, -0.25) is 4.90 Å². The monoisotopic (exact) mass is 227 g/mol. The zero-order valence-corrected chi connectivity index (χ0v) is 9.00. The van der Waals surface area contributed by atoms with Crippen molar-refractivity contribution in [2.24, 2.45) is 0 Å². The number of halogens is 2. The van der Waals surface area contributed by atoms with Crippen LogP contribution in [0.15, 0.2) is 24.3 Å². The van der Waals surface area contributed by atoms with Crippen LogP contribution in [0.4, 0.5) is 8.78 Å². The maximum Gasteiger partial charge on any atom is 0.261 e. The summed E-state index contributed by atoms with van der Waals surface area (Å²) in [5.74, 6) is -2.29. The van der Waals surface area contributed by atoms with Crippen LogP contribution in [0.2, 0.25) is 0 Å². The minimum atomic E-state index is -2.53. The molecule has 0 unspecified atom stereocenters. The van der Waals surface area contributed by atoms with Crippen LogP contribution in [0.3, 0.4) is 0 Å². The van der Waals surface area contributed by atoms with Crippen molar-refractivity contribution in [1.29, 1.82) is 0 Å². The van der Waals surface area contributed by atoms with E-state index in [9.17, 15) is 13.9 Å². The summed E-state index contributed by atoms with van der Waals surface area (Å²) in [6.45, 7) is 0.869. The van der Waals surface area contributed by atoms with Crippen LogP contribution in [-0.2, 0) is 6.42 Å². The summed E-state index contributed by atoms with van der Waals surface area (Å²) in [4.78, 5) is 1.74. The van der Waals surface area contributed by atoms with Gasteiger partial charge in [-0.2, -0.15) is 0 Å². The summed E-state index contributed by atoms with van der Waals surface area (Å²) in [6, 6.07) is 7.04. The van der Waals surface area contributed by atoms with Crippen molar-refractivity contribution >= 4 is 0 Å². The lowest BCUT2D eigenvalue weighted by Crippen LogP contribution is -2.27. The predicted molar refractivity (Wildman–Crippen MR) is 57.8 cm³/mol. The normalized spacial score (nSPS) is 20.1. The first kappa shape index (κ1) is 11.3. The molecule has 1 aliphatic rings. The van der Waals surface area contributed by atoms with Crippen molar-refractivity contribution in [3.8, 4) is 5.75 Å². The van der Waals surface area contributed by atoms with Gasteiger partial charge in [0.05, 0.1) is 6.54 Å². The number of phenolic OH excluding ortho intramolecular Hbond substituents is 1. The van der Waals surface area contributed by atoms with E-state index in [0.29, 0.717) is 19.5 Å². The highest BCUT2D eigenvalue weighted by Crippen LogP contribution is 2.27. The predicted octanol–water partition coefficient (Wildman–Crippen LogP) is 2.28. The Morgan fingerprint density at radius 1 is 1.31 bits per heavy atom. The van der Waals surface area contributed by atoms with Gasteiger partial charge in [-0.1, -0.05) is 18.2 Å². The third-order valence-corrected chi connectivity index (χ3v) is 2.94. The van der Waals surface area contributed by atoms with E-state index in [4.69, 9.17) is 0 Å². The number of para-hydroxylation sites is 1. The minimum Gasteiger partial charge on any atom is -0.508 e. The molecule has 2 rings (SSSR count). The summed E-state index contributed by atoms with van der Waals surface area (Å²) in [5, 5.41) is 9.52. The van der Waals surface area contributed by atoms with Gasteiger partial charge in [0.2, 0.25) is 0 Å². The molecular weight excluding hydrogens is 212 g/mol. The molecule has 2 nitrogen and oxygen atoms in total. The zero-order valence-electron chi connectivity index (χ0n) is 9.00.